The summed E-state index contributed by atoms with van der Waals surface area (Å²) in [4.78, 5) is 86.5. The van der Waals surface area contributed by atoms with Crippen LogP contribution in [0.1, 0.15) is 136 Å². The first-order valence-corrected chi connectivity index (χ1v) is 24.7. The topological polar surface area (TPSA) is 199 Å². The summed E-state index contributed by atoms with van der Waals surface area (Å²) >= 11 is 0. The van der Waals surface area contributed by atoms with Gasteiger partial charge in [0, 0.05) is 38.2 Å². The standard InChI is InChI=1S/C55H71NO14/c1-32-38(66-49(61)44(67-41(58)28-35-22-16-12-11-13-17-23-35)43(36-24-18-14-19-25-36)56-50(62)70-51(4,5)6)30-55(63)47(68-48(60)37-26-20-15-21-27-37)45-53(9,46(59)33(2)42(32)52(55,7)8)39(64-10)29-40-54(45,31-65-40)69-34(3)57/h14-16,18-22,24-27,33,35,38-40,43-45,47,63H,11-13,17,23,28-31H2,1-10H3,(H,56,62)/b22-16+/t33-,35?,38+,39+,40-,43+,44-,45?,47?,53-,54+,55-/m1/s1. The molecule has 4 aliphatic carbocycles. The Morgan fingerprint density at radius 2 is 1.61 bits per heavy atom. The van der Waals surface area contributed by atoms with E-state index in [-0.39, 0.29) is 36.7 Å². The van der Waals surface area contributed by atoms with Crippen LogP contribution in [0.4, 0.5) is 4.79 Å². The van der Waals surface area contributed by atoms with Crippen LogP contribution >= 0.6 is 0 Å². The van der Waals surface area contributed by atoms with Gasteiger partial charge in [-0.1, -0.05) is 94.3 Å². The number of aliphatic hydroxyl groups is 1. The van der Waals surface area contributed by atoms with Crippen molar-refractivity contribution in [1.29, 1.82) is 0 Å². The van der Waals surface area contributed by atoms with E-state index in [4.69, 9.17) is 33.2 Å². The second-order valence-corrected chi connectivity index (χ2v) is 21.6. The van der Waals surface area contributed by atoms with Gasteiger partial charge < -0.3 is 43.6 Å². The molecule has 1 amide bonds. The molecule has 3 fully saturated rings. The number of nitrogens with one attached hydrogen (secondary N) is 1. The van der Waals surface area contributed by atoms with Gasteiger partial charge in [-0.2, -0.15) is 0 Å². The minimum absolute atomic E-state index is 0.0415. The van der Waals surface area contributed by atoms with E-state index in [9.17, 15) is 24.3 Å². The lowest BCUT2D eigenvalue weighted by molar-refractivity contribution is -0.346. The number of benzene rings is 2. The first kappa shape index (κ1) is 52.4. The van der Waals surface area contributed by atoms with Gasteiger partial charge >= 0.3 is 30.0 Å². The largest absolute Gasteiger partial charge is 0.455 e. The minimum Gasteiger partial charge on any atom is -0.455 e. The third-order valence-electron chi connectivity index (χ3n) is 15.6. The molecule has 15 nitrogen and oxygen atoms in total. The second kappa shape index (κ2) is 20.4. The molecule has 2 aromatic rings. The highest BCUT2D eigenvalue weighted by molar-refractivity contribution is 5.92. The number of hydrogen-bond donors (Lipinski definition) is 2. The highest BCUT2D eigenvalue weighted by Gasteiger charge is 2.78. The number of ketones is 1. The van der Waals surface area contributed by atoms with Crippen LogP contribution in [0, 0.1) is 28.6 Å². The first-order chi connectivity index (χ1) is 33.0. The van der Waals surface area contributed by atoms with Crippen LogP contribution < -0.4 is 5.32 Å². The molecular formula is C55H71NO14. The lowest BCUT2D eigenvalue weighted by Crippen LogP contribution is -2.81. The van der Waals surface area contributed by atoms with E-state index in [1.54, 1.807) is 116 Å². The van der Waals surface area contributed by atoms with Crippen LogP contribution in [0.5, 0.6) is 0 Å². The molecular weight excluding hydrogens is 899 g/mol. The fraction of sp³-hybridized carbons (Fsp3) is 0.600. The summed E-state index contributed by atoms with van der Waals surface area (Å²) in [6, 6.07) is 15.4. The predicted octanol–water partition coefficient (Wildman–Crippen LogP) is 8.27. The van der Waals surface area contributed by atoms with Crippen molar-refractivity contribution in [3.05, 3.63) is 95.1 Å². The fourth-order valence-corrected chi connectivity index (χ4v) is 12.3. The SMILES string of the molecule is CO[C@H]1C[C@H]2OC[C@@]2(OC(C)=O)C2C(OC(=O)c3ccccc3)[C@]3(O)C[C@H](OC(=O)[C@H](OC(=O)CC4/C=C/CCCCC4)[C@@H](NC(=O)OC(C)(C)C)c4ccccc4)C(C)=C([C@@H](C)C(=O)[C@@]21C)C3(C)C. The number of hydrogen-bond acceptors (Lipinski definition) is 14. The van der Waals surface area contributed by atoms with Crippen LogP contribution in [0.15, 0.2) is 84.0 Å². The molecule has 1 aliphatic heterocycles. The number of amides is 1. The van der Waals surface area contributed by atoms with Gasteiger partial charge in [0.2, 0.25) is 6.10 Å². The zero-order chi connectivity index (χ0) is 51.0. The predicted molar refractivity (Wildman–Crippen MR) is 256 cm³/mol. The molecule has 1 heterocycles. The van der Waals surface area contributed by atoms with Crippen LogP contribution in [-0.4, -0.2) is 102 Å². The Morgan fingerprint density at radius 3 is 2.23 bits per heavy atom. The van der Waals surface area contributed by atoms with Crippen molar-refractivity contribution in [3.63, 3.8) is 0 Å². The molecule has 7 rings (SSSR count). The molecule has 1 saturated heterocycles. The number of rotatable bonds is 12. The van der Waals surface area contributed by atoms with Gasteiger partial charge in [-0.25, -0.2) is 14.4 Å². The quantitative estimate of drug-likeness (QED) is 0.117. The highest BCUT2D eigenvalue weighted by atomic mass is 16.6. The smallest absolute Gasteiger partial charge is 0.408 e. The lowest BCUT2D eigenvalue weighted by Gasteiger charge is -2.68. The molecule has 2 saturated carbocycles. The third-order valence-corrected chi connectivity index (χ3v) is 15.6. The molecule has 70 heavy (non-hydrogen) atoms. The summed E-state index contributed by atoms with van der Waals surface area (Å²) in [5, 5.41) is 16.8. The lowest BCUT2D eigenvalue weighted by atomic mass is 9.43. The number of ether oxygens (including phenoxy) is 7. The minimum atomic E-state index is -2.19. The molecule has 380 valence electrons. The average Bonchev–Trinajstić information content (AvgIpc) is 3.28. The van der Waals surface area contributed by atoms with E-state index in [0.29, 0.717) is 16.7 Å². The Kier molecular flexibility index (Phi) is 15.3. The van der Waals surface area contributed by atoms with Gasteiger partial charge in [0.1, 0.15) is 41.3 Å². The van der Waals surface area contributed by atoms with Crippen molar-refractivity contribution in [2.45, 2.75) is 167 Å². The van der Waals surface area contributed by atoms with Crippen LogP contribution in [0.2, 0.25) is 0 Å². The number of carbonyl (C=O) groups is 6. The molecule has 3 unspecified atom stereocenters. The number of methoxy groups -OCH3 is 1. The summed E-state index contributed by atoms with van der Waals surface area (Å²) in [6.45, 7) is 14.8. The molecule has 2 aromatic carbocycles. The number of carbonyl (C=O) groups excluding carboxylic acids is 6. The average molecular weight is 970 g/mol. The van der Waals surface area contributed by atoms with Crippen LogP contribution in [0.3, 0.4) is 0 Å². The van der Waals surface area contributed by atoms with Crippen molar-refractivity contribution in [2.24, 2.45) is 28.6 Å². The Balaban J connectivity index is 1.37. The van der Waals surface area contributed by atoms with Crippen molar-refractivity contribution in [2.75, 3.05) is 13.7 Å². The molecule has 0 radical (unpaired) electrons. The van der Waals surface area contributed by atoms with Crippen molar-refractivity contribution < 1.29 is 67.0 Å². The number of alkyl carbamates (subject to hydrolysis) is 1. The van der Waals surface area contributed by atoms with Gasteiger partial charge in [-0.3, -0.25) is 14.4 Å². The van der Waals surface area contributed by atoms with E-state index in [1.807, 2.05) is 6.08 Å². The fourth-order valence-electron chi connectivity index (χ4n) is 12.3. The molecule has 12 atom stereocenters. The maximum atomic E-state index is 15.7. The molecule has 2 bridgehead atoms. The second-order valence-electron chi connectivity index (χ2n) is 21.6. The van der Waals surface area contributed by atoms with Gasteiger partial charge in [0.05, 0.1) is 36.0 Å². The maximum Gasteiger partial charge on any atom is 0.408 e. The van der Waals surface area contributed by atoms with E-state index >= 15 is 9.59 Å². The zero-order valence-electron chi connectivity index (χ0n) is 42.2. The van der Waals surface area contributed by atoms with Crippen LogP contribution in [-0.2, 0) is 52.3 Å². The number of esters is 4. The monoisotopic (exact) mass is 969 g/mol. The van der Waals surface area contributed by atoms with E-state index in [1.165, 1.54) is 14.0 Å². The van der Waals surface area contributed by atoms with E-state index in [2.05, 4.69) is 11.4 Å². The Hall–Kier alpha value is -5.38. The summed E-state index contributed by atoms with van der Waals surface area (Å²) in [5.74, 6) is -5.96. The van der Waals surface area contributed by atoms with Crippen molar-refractivity contribution in [1.82, 2.24) is 5.32 Å². The maximum absolute atomic E-state index is 15.7. The number of Topliss-reactive ketones (excluding diaryl/α,β-unsaturated/α-hetero) is 1. The van der Waals surface area contributed by atoms with Crippen molar-refractivity contribution >= 4 is 35.8 Å². The van der Waals surface area contributed by atoms with Crippen molar-refractivity contribution in [3.8, 4) is 0 Å². The van der Waals surface area contributed by atoms with Gasteiger partial charge in [-0.15, -0.1) is 0 Å². The zero-order valence-corrected chi connectivity index (χ0v) is 42.2. The summed E-state index contributed by atoms with van der Waals surface area (Å²) < 4.78 is 43.4. The molecule has 2 N–H and O–H groups in total. The summed E-state index contributed by atoms with van der Waals surface area (Å²) in [7, 11) is 1.48. The highest BCUT2D eigenvalue weighted by Crippen LogP contribution is 2.65. The third kappa shape index (κ3) is 9.95. The molecule has 5 aliphatic rings. The van der Waals surface area contributed by atoms with Gasteiger partial charge in [0.25, 0.3) is 0 Å². The molecule has 0 aromatic heterocycles. The summed E-state index contributed by atoms with van der Waals surface area (Å²) in [5.41, 5.74) is -6.20. The van der Waals surface area contributed by atoms with Crippen LogP contribution in [0.25, 0.3) is 0 Å². The Bertz CT molecular complexity index is 2360. The molecule has 0 spiro atoms. The Morgan fingerprint density at radius 1 is 0.943 bits per heavy atom. The van der Waals surface area contributed by atoms with E-state index < -0.39 is 112 Å². The Labute approximate surface area is 411 Å². The van der Waals surface area contributed by atoms with Gasteiger partial charge in [-0.05, 0) is 88.6 Å². The normalized spacial score (nSPS) is 32.8. The molecule has 15 heteroatoms. The first-order valence-electron chi connectivity index (χ1n) is 24.7. The van der Waals surface area contributed by atoms with Gasteiger partial charge in [0.15, 0.2) is 5.60 Å². The summed E-state index contributed by atoms with van der Waals surface area (Å²) in [6.07, 6.45) is 1.11. The van der Waals surface area contributed by atoms with E-state index in [0.717, 1.165) is 32.1 Å². The number of allylic oxidation sites excluding steroid dienone is 2. The number of fused-ring (bicyclic) bond motifs is 5.